The normalized spacial score (nSPS) is 11.3. The van der Waals surface area contributed by atoms with Crippen molar-refractivity contribution in [3.05, 3.63) is 63.4 Å². The lowest BCUT2D eigenvalue weighted by Gasteiger charge is -2.12. The summed E-state index contributed by atoms with van der Waals surface area (Å²) in [6.07, 6.45) is 1.71. The number of ether oxygens (including phenoxy) is 5. The van der Waals surface area contributed by atoms with E-state index in [-0.39, 0.29) is 12.4 Å². The molecule has 0 spiro atoms. The molecule has 0 fully saturated rings. The smallest absolute Gasteiger partial charge is 0.311 e. The first-order chi connectivity index (χ1) is 17.5. The molecule has 0 atom stereocenters. The van der Waals surface area contributed by atoms with Crippen molar-refractivity contribution < 1.29 is 28.5 Å². The van der Waals surface area contributed by atoms with Gasteiger partial charge in [0.15, 0.2) is 27.8 Å². The van der Waals surface area contributed by atoms with Crippen molar-refractivity contribution in [2.75, 3.05) is 41.6 Å². The van der Waals surface area contributed by atoms with Crippen LogP contribution in [0.2, 0.25) is 0 Å². The number of nitrogens with zero attached hydrogens (tertiary/aromatic N) is 2. The van der Waals surface area contributed by atoms with E-state index in [9.17, 15) is 4.79 Å². The van der Waals surface area contributed by atoms with Crippen molar-refractivity contribution in [1.82, 2.24) is 4.57 Å². The molecule has 1 aromatic heterocycles. The summed E-state index contributed by atoms with van der Waals surface area (Å²) in [5, 5.41) is 1.99. The molecule has 36 heavy (non-hydrogen) atoms. The molecule has 3 aromatic rings. The van der Waals surface area contributed by atoms with Crippen molar-refractivity contribution in [2.45, 2.75) is 32.7 Å². The number of esters is 1. The zero-order valence-corrected chi connectivity index (χ0v) is 22.4. The van der Waals surface area contributed by atoms with Gasteiger partial charge in [0.25, 0.3) is 0 Å². The van der Waals surface area contributed by atoms with E-state index in [1.807, 2.05) is 48.7 Å². The van der Waals surface area contributed by atoms with E-state index < -0.39 is 0 Å². The van der Waals surface area contributed by atoms with Gasteiger partial charge < -0.3 is 28.3 Å². The highest BCUT2D eigenvalue weighted by Gasteiger charge is 2.12. The summed E-state index contributed by atoms with van der Waals surface area (Å²) in [7, 11) is 6.50. The molecule has 0 bridgehead atoms. The number of aromatic nitrogens is 1. The second-order valence-electron chi connectivity index (χ2n) is 7.90. The summed E-state index contributed by atoms with van der Waals surface area (Å²) in [6.45, 7) is 3.44. The van der Waals surface area contributed by atoms with Crippen LogP contribution in [0.1, 0.15) is 23.7 Å². The number of hydrogen-bond donors (Lipinski definition) is 0. The zero-order chi connectivity index (χ0) is 25.9. The monoisotopic (exact) mass is 514 g/mol. The van der Waals surface area contributed by atoms with Crippen LogP contribution in [0.3, 0.4) is 0 Å². The molecule has 0 aliphatic carbocycles. The average molecular weight is 515 g/mol. The summed E-state index contributed by atoms with van der Waals surface area (Å²) in [4.78, 5) is 17.9. The van der Waals surface area contributed by atoms with E-state index in [1.165, 1.54) is 11.3 Å². The lowest BCUT2D eigenvalue weighted by molar-refractivity contribution is -0.142. The Bertz CT molecular complexity index is 1220. The predicted octanol–water partition coefficient (Wildman–Crippen LogP) is 4.08. The first-order valence-corrected chi connectivity index (χ1v) is 12.7. The highest BCUT2D eigenvalue weighted by molar-refractivity contribution is 7.07. The summed E-state index contributed by atoms with van der Waals surface area (Å²) >= 11 is 1.53. The minimum absolute atomic E-state index is 0.210. The van der Waals surface area contributed by atoms with Gasteiger partial charge in [0.2, 0.25) is 0 Å². The third-order valence-corrected chi connectivity index (χ3v) is 6.63. The third kappa shape index (κ3) is 7.04. The Kier molecular flexibility index (Phi) is 10.2. The number of carbonyl (C=O) groups is 1. The van der Waals surface area contributed by atoms with Gasteiger partial charge in [0.05, 0.1) is 41.5 Å². The molecule has 0 amide bonds. The molecule has 0 radical (unpaired) electrons. The van der Waals surface area contributed by atoms with Gasteiger partial charge >= 0.3 is 5.97 Å². The number of hydrogen-bond acceptors (Lipinski definition) is 8. The average Bonchev–Trinajstić information content (AvgIpc) is 3.27. The first-order valence-electron chi connectivity index (χ1n) is 11.8. The van der Waals surface area contributed by atoms with Gasteiger partial charge in [-0.15, -0.1) is 11.3 Å². The Balaban J connectivity index is 1.80. The van der Waals surface area contributed by atoms with Crippen molar-refractivity contribution in [3.63, 3.8) is 0 Å². The fraction of sp³-hybridized carbons (Fsp3) is 0.407. The topological polar surface area (TPSA) is 80.5 Å². The van der Waals surface area contributed by atoms with Crippen LogP contribution in [0.4, 0.5) is 0 Å². The minimum Gasteiger partial charge on any atom is -0.493 e. The Hall–Kier alpha value is -3.46. The maximum Gasteiger partial charge on any atom is 0.311 e. The van der Waals surface area contributed by atoms with Gasteiger partial charge in [0, 0.05) is 24.2 Å². The molecule has 0 saturated carbocycles. The standard InChI is InChI=1S/C27H34N2O6S/c1-6-35-26(30)17-21-18-36-27(28-13-11-19-7-9-22(31-2)24(15-19)33-4)29(21)14-12-20-8-10-23(32-3)25(16-20)34-5/h7-10,15-16,18H,6,11-14,17H2,1-5H3. The molecule has 1 heterocycles. The Morgan fingerprint density at radius 3 is 2.00 bits per heavy atom. The maximum absolute atomic E-state index is 12.2. The highest BCUT2D eigenvalue weighted by atomic mass is 32.1. The highest BCUT2D eigenvalue weighted by Crippen LogP contribution is 2.28. The van der Waals surface area contributed by atoms with Crippen molar-refractivity contribution in [1.29, 1.82) is 0 Å². The second-order valence-corrected chi connectivity index (χ2v) is 8.74. The van der Waals surface area contributed by atoms with Crippen molar-refractivity contribution >= 4 is 17.3 Å². The minimum atomic E-state index is -0.243. The second kappa shape index (κ2) is 13.6. The summed E-state index contributed by atoms with van der Waals surface area (Å²) in [5.74, 6) is 2.54. The van der Waals surface area contributed by atoms with Gasteiger partial charge in [0.1, 0.15) is 0 Å². The van der Waals surface area contributed by atoms with Crippen LogP contribution in [-0.4, -0.2) is 52.1 Å². The molecule has 8 nitrogen and oxygen atoms in total. The molecule has 0 N–H and O–H groups in total. The van der Waals surface area contributed by atoms with E-state index in [4.69, 9.17) is 28.7 Å². The Labute approximate surface area is 216 Å². The zero-order valence-electron chi connectivity index (χ0n) is 21.5. The van der Waals surface area contributed by atoms with Gasteiger partial charge in [-0.05, 0) is 55.2 Å². The molecule has 3 rings (SSSR count). The largest absolute Gasteiger partial charge is 0.493 e. The Morgan fingerprint density at radius 1 is 0.861 bits per heavy atom. The molecule has 194 valence electrons. The molecule has 0 saturated heterocycles. The molecule has 0 aliphatic heterocycles. The van der Waals surface area contributed by atoms with Crippen LogP contribution in [0.5, 0.6) is 23.0 Å². The number of methoxy groups -OCH3 is 4. The number of benzene rings is 2. The SMILES string of the molecule is CCOC(=O)Cc1csc(=NCCc2ccc(OC)c(OC)c2)n1CCc1ccc(OC)c(OC)c1. The number of carbonyl (C=O) groups excluding carboxylic acids is 1. The Morgan fingerprint density at radius 2 is 1.44 bits per heavy atom. The first kappa shape index (κ1) is 27.1. The van der Waals surface area contributed by atoms with Crippen LogP contribution in [0.25, 0.3) is 0 Å². The summed E-state index contributed by atoms with van der Waals surface area (Å²) < 4.78 is 28.8. The van der Waals surface area contributed by atoms with Gasteiger partial charge in [-0.3, -0.25) is 9.79 Å². The number of rotatable bonds is 13. The van der Waals surface area contributed by atoms with E-state index >= 15 is 0 Å². The van der Waals surface area contributed by atoms with Crippen molar-refractivity contribution in [3.8, 4) is 23.0 Å². The lowest BCUT2D eigenvalue weighted by atomic mass is 10.1. The third-order valence-electron chi connectivity index (χ3n) is 5.68. The van der Waals surface area contributed by atoms with Crippen LogP contribution in [0.15, 0.2) is 46.8 Å². The quantitative estimate of drug-likeness (QED) is 0.320. The van der Waals surface area contributed by atoms with Crippen LogP contribution in [-0.2, 0) is 35.3 Å². The van der Waals surface area contributed by atoms with Crippen molar-refractivity contribution in [2.24, 2.45) is 4.99 Å². The van der Waals surface area contributed by atoms with Crippen LogP contribution in [0, 0.1) is 0 Å². The fourth-order valence-corrected chi connectivity index (χ4v) is 4.78. The van der Waals surface area contributed by atoms with Gasteiger partial charge in [-0.25, -0.2) is 0 Å². The van der Waals surface area contributed by atoms with E-state index in [2.05, 4.69) is 4.57 Å². The molecule has 0 unspecified atom stereocenters. The van der Waals surface area contributed by atoms with E-state index in [0.29, 0.717) is 42.7 Å². The maximum atomic E-state index is 12.2. The summed E-state index contributed by atoms with van der Waals surface area (Å²) in [5.41, 5.74) is 3.10. The van der Waals surface area contributed by atoms with Crippen LogP contribution < -0.4 is 23.7 Å². The number of aryl methyl sites for hydroxylation is 1. The molecule has 2 aromatic carbocycles. The molecule has 9 heteroatoms. The summed E-state index contributed by atoms with van der Waals surface area (Å²) in [6, 6.07) is 11.8. The van der Waals surface area contributed by atoms with Gasteiger partial charge in [-0.2, -0.15) is 0 Å². The fourth-order valence-electron chi connectivity index (χ4n) is 3.82. The predicted molar refractivity (Wildman–Crippen MR) is 140 cm³/mol. The lowest BCUT2D eigenvalue weighted by Crippen LogP contribution is -2.22. The van der Waals surface area contributed by atoms with Crippen LogP contribution >= 0.6 is 11.3 Å². The van der Waals surface area contributed by atoms with E-state index in [1.54, 1.807) is 28.4 Å². The molecular weight excluding hydrogens is 480 g/mol. The number of thiazole rings is 1. The van der Waals surface area contributed by atoms with E-state index in [0.717, 1.165) is 34.5 Å². The van der Waals surface area contributed by atoms with Gasteiger partial charge in [-0.1, -0.05) is 12.1 Å². The molecule has 0 aliphatic rings. The molecular formula is C27H34N2O6S.